The van der Waals surface area contributed by atoms with Gasteiger partial charge in [-0.3, -0.25) is 9.59 Å². The molecule has 0 unspecified atom stereocenters. The van der Waals surface area contributed by atoms with Crippen LogP contribution in [0.3, 0.4) is 0 Å². The zero-order valence-electron chi connectivity index (χ0n) is 15.0. The first-order valence-electron chi connectivity index (χ1n) is 8.87. The van der Waals surface area contributed by atoms with E-state index in [4.69, 9.17) is 0 Å². The summed E-state index contributed by atoms with van der Waals surface area (Å²) in [5, 5.41) is 5.88. The van der Waals surface area contributed by atoms with Gasteiger partial charge in [-0.2, -0.15) is 0 Å². The van der Waals surface area contributed by atoms with Gasteiger partial charge >= 0.3 is 0 Å². The van der Waals surface area contributed by atoms with Crippen LogP contribution >= 0.6 is 0 Å². The monoisotopic (exact) mass is 331 g/mol. The predicted octanol–water partition coefficient (Wildman–Crippen LogP) is 2.89. The van der Waals surface area contributed by atoms with Crippen molar-refractivity contribution in [1.82, 2.24) is 10.2 Å². The molecule has 0 aromatic heterocycles. The lowest BCUT2D eigenvalue weighted by molar-refractivity contribution is -0.117. The van der Waals surface area contributed by atoms with E-state index in [-0.39, 0.29) is 17.9 Å². The third-order valence-corrected chi connectivity index (χ3v) is 4.75. The van der Waals surface area contributed by atoms with Gasteiger partial charge in [0.25, 0.3) is 5.91 Å². The van der Waals surface area contributed by atoms with Crippen molar-refractivity contribution < 1.29 is 9.59 Å². The summed E-state index contributed by atoms with van der Waals surface area (Å²) < 4.78 is 0. The van der Waals surface area contributed by atoms with Crippen molar-refractivity contribution in [1.29, 1.82) is 0 Å². The van der Waals surface area contributed by atoms with Crippen LogP contribution in [0.4, 0.5) is 5.69 Å². The van der Waals surface area contributed by atoms with E-state index in [0.717, 1.165) is 32.4 Å². The van der Waals surface area contributed by atoms with Gasteiger partial charge in [0, 0.05) is 12.5 Å². The predicted molar refractivity (Wildman–Crippen MR) is 97.1 cm³/mol. The van der Waals surface area contributed by atoms with Crippen LogP contribution in [-0.2, 0) is 4.79 Å². The van der Waals surface area contributed by atoms with E-state index in [9.17, 15) is 9.59 Å². The zero-order valence-corrected chi connectivity index (χ0v) is 15.0. The number of piperidine rings is 1. The number of nitrogens with one attached hydrogen (secondary N) is 2. The Bertz CT molecular complexity index is 565. The van der Waals surface area contributed by atoms with Gasteiger partial charge in [0.1, 0.15) is 0 Å². The van der Waals surface area contributed by atoms with Crippen LogP contribution < -0.4 is 10.6 Å². The number of hydrogen-bond donors (Lipinski definition) is 2. The number of rotatable bonds is 6. The van der Waals surface area contributed by atoms with Crippen molar-refractivity contribution in [3.8, 4) is 0 Å². The molecule has 1 heterocycles. The van der Waals surface area contributed by atoms with Crippen molar-refractivity contribution in [2.45, 2.75) is 45.6 Å². The van der Waals surface area contributed by atoms with E-state index in [1.54, 1.807) is 12.1 Å². The molecule has 0 bridgehead atoms. The number of nitrogens with zero attached hydrogens (tertiary/aromatic N) is 1. The molecular weight excluding hydrogens is 302 g/mol. The van der Waals surface area contributed by atoms with E-state index >= 15 is 0 Å². The summed E-state index contributed by atoms with van der Waals surface area (Å²) >= 11 is 0. The average molecular weight is 331 g/mol. The number of carbonyl (C=O) groups is 2. The van der Waals surface area contributed by atoms with Crippen molar-refractivity contribution in [3.63, 3.8) is 0 Å². The van der Waals surface area contributed by atoms with Gasteiger partial charge in [0.2, 0.25) is 5.91 Å². The Morgan fingerprint density at radius 2 is 1.92 bits per heavy atom. The molecule has 24 heavy (non-hydrogen) atoms. The number of hydrogen-bond acceptors (Lipinski definition) is 3. The summed E-state index contributed by atoms with van der Waals surface area (Å²) in [6.07, 6.45) is 3.51. The van der Waals surface area contributed by atoms with Crippen LogP contribution in [0.2, 0.25) is 0 Å². The number of para-hydroxylation sites is 1. The molecule has 0 radical (unpaired) electrons. The van der Waals surface area contributed by atoms with Crippen LogP contribution in [0, 0.1) is 5.92 Å². The molecule has 1 atom stereocenters. The zero-order chi connectivity index (χ0) is 17.5. The number of likely N-dealkylation sites (tertiary alicyclic amines) is 1. The maximum Gasteiger partial charge on any atom is 0.253 e. The number of amides is 2. The first-order chi connectivity index (χ1) is 11.5. The highest BCUT2D eigenvalue weighted by atomic mass is 16.2. The fourth-order valence-electron chi connectivity index (χ4n) is 2.92. The molecule has 0 aliphatic carbocycles. The van der Waals surface area contributed by atoms with Gasteiger partial charge in [-0.15, -0.1) is 0 Å². The van der Waals surface area contributed by atoms with E-state index in [1.807, 2.05) is 26.0 Å². The normalized spacial score (nSPS) is 17.3. The smallest absolute Gasteiger partial charge is 0.253 e. The van der Waals surface area contributed by atoms with E-state index in [1.165, 1.54) is 0 Å². The molecular formula is C19H29N3O2. The Labute approximate surface area is 144 Å². The van der Waals surface area contributed by atoms with Crippen molar-refractivity contribution >= 4 is 17.5 Å². The molecule has 2 amide bonds. The first-order valence-corrected chi connectivity index (χ1v) is 8.87. The summed E-state index contributed by atoms with van der Waals surface area (Å²) in [7, 11) is 2.11. The summed E-state index contributed by atoms with van der Waals surface area (Å²) in [6, 6.07) is 7.31. The van der Waals surface area contributed by atoms with Crippen LogP contribution in [0.25, 0.3) is 0 Å². The standard InChI is InChI=1S/C19H29N3O2/c1-4-14(2)20-19(24)16-7-5-6-8-17(16)21-18(23)13-15-9-11-22(3)12-10-15/h5-8,14-15H,4,9-13H2,1-3H3,(H,20,24)(H,21,23)/t14-/m1/s1. The van der Waals surface area contributed by atoms with E-state index in [2.05, 4.69) is 22.6 Å². The van der Waals surface area contributed by atoms with Gasteiger partial charge in [-0.25, -0.2) is 0 Å². The second-order valence-electron chi connectivity index (χ2n) is 6.83. The van der Waals surface area contributed by atoms with Gasteiger partial charge < -0.3 is 15.5 Å². The maximum absolute atomic E-state index is 12.4. The van der Waals surface area contributed by atoms with Crippen LogP contribution in [-0.4, -0.2) is 42.9 Å². The number of anilines is 1. The fourth-order valence-corrected chi connectivity index (χ4v) is 2.92. The minimum absolute atomic E-state index is 0.00616. The Hall–Kier alpha value is -1.88. The number of benzene rings is 1. The molecule has 2 rings (SSSR count). The average Bonchev–Trinajstić information content (AvgIpc) is 2.57. The third-order valence-electron chi connectivity index (χ3n) is 4.75. The minimum Gasteiger partial charge on any atom is -0.350 e. The second kappa shape index (κ2) is 8.83. The van der Waals surface area contributed by atoms with Crippen LogP contribution in [0.1, 0.15) is 49.9 Å². The highest BCUT2D eigenvalue weighted by Gasteiger charge is 2.20. The lowest BCUT2D eigenvalue weighted by atomic mass is 9.93. The molecule has 0 spiro atoms. The second-order valence-corrected chi connectivity index (χ2v) is 6.83. The summed E-state index contributed by atoms with van der Waals surface area (Å²) in [4.78, 5) is 27.0. The summed E-state index contributed by atoms with van der Waals surface area (Å²) in [6.45, 7) is 6.09. The molecule has 5 heteroatoms. The molecule has 132 valence electrons. The highest BCUT2D eigenvalue weighted by molar-refractivity contribution is 6.03. The molecule has 1 saturated heterocycles. The van der Waals surface area contributed by atoms with Crippen molar-refractivity contribution in [2.75, 3.05) is 25.5 Å². The van der Waals surface area contributed by atoms with Crippen molar-refractivity contribution in [3.05, 3.63) is 29.8 Å². The lowest BCUT2D eigenvalue weighted by Gasteiger charge is -2.28. The minimum atomic E-state index is -0.139. The Morgan fingerprint density at radius 1 is 1.25 bits per heavy atom. The van der Waals surface area contributed by atoms with Gasteiger partial charge in [-0.1, -0.05) is 19.1 Å². The molecule has 1 fully saturated rings. The Morgan fingerprint density at radius 3 is 2.58 bits per heavy atom. The maximum atomic E-state index is 12.4. The molecule has 1 aromatic carbocycles. The molecule has 1 aliphatic heterocycles. The fraction of sp³-hybridized carbons (Fsp3) is 0.579. The Balaban J connectivity index is 1.96. The Kier molecular flexibility index (Phi) is 6.79. The first kappa shape index (κ1) is 18.5. The summed E-state index contributed by atoms with van der Waals surface area (Å²) in [5.41, 5.74) is 1.12. The SMILES string of the molecule is CC[C@@H](C)NC(=O)c1ccccc1NC(=O)CC1CCN(C)CC1. The lowest BCUT2D eigenvalue weighted by Crippen LogP contribution is -2.33. The van der Waals surface area contributed by atoms with Crippen LogP contribution in [0.5, 0.6) is 0 Å². The molecule has 5 nitrogen and oxygen atoms in total. The largest absolute Gasteiger partial charge is 0.350 e. The molecule has 1 aliphatic rings. The highest BCUT2D eigenvalue weighted by Crippen LogP contribution is 2.21. The van der Waals surface area contributed by atoms with E-state index in [0.29, 0.717) is 23.6 Å². The molecule has 1 aromatic rings. The topological polar surface area (TPSA) is 61.4 Å². The van der Waals surface area contributed by atoms with E-state index < -0.39 is 0 Å². The molecule has 2 N–H and O–H groups in total. The van der Waals surface area contributed by atoms with Crippen molar-refractivity contribution in [2.24, 2.45) is 5.92 Å². The van der Waals surface area contributed by atoms with Crippen LogP contribution in [0.15, 0.2) is 24.3 Å². The third kappa shape index (κ3) is 5.34. The quantitative estimate of drug-likeness (QED) is 0.842. The van der Waals surface area contributed by atoms with Gasteiger partial charge in [-0.05, 0) is 64.4 Å². The van der Waals surface area contributed by atoms with Gasteiger partial charge in [0.15, 0.2) is 0 Å². The summed E-state index contributed by atoms with van der Waals surface area (Å²) in [5.74, 6) is 0.287. The number of carbonyl (C=O) groups excluding carboxylic acids is 2. The van der Waals surface area contributed by atoms with Gasteiger partial charge in [0.05, 0.1) is 11.3 Å². The molecule has 0 saturated carbocycles.